The summed E-state index contributed by atoms with van der Waals surface area (Å²) in [6.45, 7) is 3.28. The van der Waals surface area contributed by atoms with Crippen molar-refractivity contribution in [1.82, 2.24) is 4.57 Å². The largest absolute Gasteiger partial charge is 0.340 e. The van der Waals surface area contributed by atoms with Crippen molar-refractivity contribution < 1.29 is 0 Å². The van der Waals surface area contributed by atoms with Gasteiger partial charge in [-0.2, -0.15) is 0 Å². The lowest BCUT2D eigenvalue weighted by atomic mass is 10.0. The maximum absolute atomic E-state index is 2.58. The van der Waals surface area contributed by atoms with E-state index in [4.69, 9.17) is 0 Å². The number of hydrogen-bond acceptors (Lipinski definition) is 2. The van der Waals surface area contributed by atoms with Gasteiger partial charge < -0.3 is 14.4 Å². The van der Waals surface area contributed by atoms with Gasteiger partial charge in [0.1, 0.15) is 0 Å². The van der Waals surface area contributed by atoms with Crippen LogP contribution in [-0.2, 0) is 6.54 Å². The number of unbranched alkanes of at least 4 members (excludes halogenated alkanes) is 3. The minimum Gasteiger partial charge on any atom is -0.340 e. The smallest absolute Gasteiger partial charge is 0.0497 e. The Bertz CT molecular complexity index is 2420. The summed E-state index contributed by atoms with van der Waals surface area (Å²) in [5, 5.41) is 2.62. The zero-order valence-corrected chi connectivity index (χ0v) is 32.5. The lowest BCUT2D eigenvalue weighted by Crippen LogP contribution is -2.09. The van der Waals surface area contributed by atoms with E-state index in [0.29, 0.717) is 0 Å². The third-order valence-corrected chi connectivity index (χ3v) is 11.1. The highest BCUT2D eigenvalue weighted by atomic mass is 15.1. The Morgan fingerprint density at radius 3 is 1.02 bits per heavy atom. The molecule has 9 rings (SSSR count). The molecule has 0 bridgehead atoms. The van der Waals surface area contributed by atoms with Crippen molar-refractivity contribution in [3.05, 3.63) is 206 Å². The fourth-order valence-electron chi connectivity index (χ4n) is 8.20. The van der Waals surface area contributed by atoms with Gasteiger partial charge in [0.2, 0.25) is 0 Å². The van der Waals surface area contributed by atoms with E-state index in [9.17, 15) is 0 Å². The Hall–Kier alpha value is -6.84. The third kappa shape index (κ3) is 7.45. The molecule has 3 nitrogen and oxygen atoms in total. The van der Waals surface area contributed by atoms with Crippen molar-refractivity contribution in [3.63, 3.8) is 0 Å². The molecule has 1 aromatic heterocycles. The second kappa shape index (κ2) is 16.5. The summed E-state index contributed by atoms with van der Waals surface area (Å²) in [6.07, 6.45) is 4.89. The van der Waals surface area contributed by atoms with Crippen molar-refractivity contribution >= 4 is 55.9 Å². The summed E-state index contributed by atoms with van der Waals surface area (Å²) in [4.78, 5) is 4.63. The predicted molar refractivity (Wildman–Crippen MR) is 244 cm³/mol. The molecule has 278 valence electrons. The molecular formula is C54H47N3. The second-order valence-electron chi connectivity index (χ2n) is 14.8. The van der Waals surface area contributed by atoms with Crippen LogP contribution in [-0.4, -0.2) is 4.57 Å². The van der Waals surface area contributed by atoms with E-state index in [1.54, 1.807) is 0 Å². The SMILES string of the molecule is CCCCCCn1c2cc(-c3ccc(N(c4ccccc4)c4ccccc4)cc3)ccc2c2ccc(-c3ccc(N(c4ccccc4)c4ccccc4)cc3)cc21. The first-order chi connectivity index (χ1) is 28.2. The third-order valence-electron chi connectivity index (χ3n) is 11.1. The van der Waals surface area contributed by atoms with Crippen LogP contribution in [0.1, 0.15) is 32.6 Å². The van der Waals surface area contributed by atoms with E-state index in [0.717, 1.165) is 47.1 Å². The molecule has 0 saturated carbocycles. The zero-order chi connectivity index (χ0) is 38.4. The lowest BCUT2D eigenvalue weighted by Gasteiger charge is -2.25. The summed E-state index contributed by atoms with van der Waals surface area (Å²) in [6, 6.07) is 74.5. The molecule has 0 aliphatic carbocycles. The Labute approximate surface area is 336 Å². The predicted octanol–water partition coefficient (Wildman–Crippen LogP) is 15.6. The van der Waals surface area contributed by atoms with Crippen LogP contribution in [0, 0.1) is 0 Å². The minimum absolute atomic E-state index is 0.997. The lowest BCUT2D eigenvalue weighted by molar-refractivity contribution is 0.602. The van der Waals surface area contributed by atoms with Crippen LogP contribution in [0.25, 0.3) is 44.1 Å². The monoisotopic (exact) mass is 737 g/mol. The molecule has 9 aromatic rings. The minimum atomic E-state index is 0.997. The molecule has 1 heterocycles. The van der Waals surface area contributed by atoms with Gasteiger partial charge in [-0.25, -0.2) is 0 Å². The zero-order valence-electron chi connectivity index (χ0n) is 32.5. The Kier molecular flexibility index (Phi) is 10.4. The van der Waals surface area contributed by atoms with E-state index in [1.807, 2.05) is 0 Å². The van der Waals surface area contributed by atoms with Crippen LogP contribution in [0.2, 0.25) is 0 Å². The first-order valence-corrected chi connectivity index (χ1v) is 20.3. The number of para-hydroxylation sites is 4. The van der Waals surface area contributed by atoms with Crippen molar-refractivity contribution in [1.29, 1.82) is 0 Å². The van der Waals surface area contributed by atoms with Gasteiger partial charge in [-0.3, -0.25) is 0 Å². The van der Waals surface area contributed by atoms with Gasteiger partial charge in [0.25, 0.3) is 0 Å². The number of aromatic nitrogens is 1. The highest BCUT2D eigenvalue weighted by Crippen LogP contribution is 2.39. The van der Waals surface area contributed by atoms with Crippen LogP contribution in [0.5, 0.6) is 0 Å². The van der Waals surface area contributed by atoms with Crippen LogP contribution < -0.4 is 9.80 Å². The van der Waals surface area contributed by atoms with Crippen molar-refractivity contribution in [2.24, 2.45) is 0 Å². The highest BCUT2D eigenvalue weighted by Gasteiger charge is 2.16. The Morgan fingerprint density at radius 1 is 0.333 bits per heavy atom. The van der Waals surface area contributed by atoms with Crippen molar-refractivity contribution in [2.75, 3.05) is 9.80 Å². The normalized spacial score (nSPS) is 11.2. The maximum Gasteiger partial charge on any atom is 0.0497 e. The molecule has 0 radical (unpaired) electrons. The van der Waals surface area contributed by atoms with E-state index in [-0.39, 0.29) is 0 Å². The van der Waals surface area contributed by atoms with Crippen molar-refractivity contribution in [3.8, 4) is 22.3 Å². The maximum atomic E-state index is 2.58. The highest BCUT2D eigenvalue weighted by molar-refractivity contribution is 6.10. The van der Waals surface area contributed by atoms with Gasteiger partial charge in [0, 0.05) is 62.5 Å². The van der Waals surface area contributed by atoms with E-state index in [2.05, 4.69) is 228 Å². The van der Waals surface area contributed by atoms with Gasteiger partial charge >= 0.3 is 0 Å². The summed E-state index contributed by atoms with van der Waals surface area (Å²) < 4.78 is 2.58. The molecule has 57 heavy (non-hydrogen) atoms. The number of benzene rings is 8. The van der Waals surface area contributed by atoms with E-state index < -0.39 is 0 Å². The quantitative estimate of drug-likeness (QED) is 0.109. The molecule has 0 spiro atoms. The molecule has 0 fully saturated rings. The molecule has 0 unspecified atom stereocenters. The Morgan fingerprint density at radius 2 is 0.667 bits per heavy atom. The number of hydrogen-bond donors (Lipinski definition) is 0. The van der Waals surface area contributed by atoms with Gasteiger partial charge in [0.05, 0.1) is 0 Å². The van der Waals surface area contributed by atoms with Crippen LogP contribution in [0.15, 0.2) is 206 Å². The molecule has 0 aliphatic rings. The topological polar surface area (TPSA) is 11.4 Å². The number of rotatable bonds is 13. The summed E-state index contributed by atoms with van der Waals surface area (Å²) >= 11 is 0. The first-order valence-electron chi connectivity index (χ1n) is 20.3. The molecule has 0 amide bonds. The Balaban J connectivity index is 1.07. The fourth-order valence-corrected chi connectivity index (χ4v) is 8.20. The van der Waals surface area contributed by atoms with E-state index in [1.165, 1.54) is 63.3 Å². The summed E-state index contributed by atoms with van der Waals surface area (Å²) in [5.41, 5.74) is 14.3. The fraction of sp³-hybridized carbons (Fsp3) is 0.111. The number of anilines is 6. The second-order valence-corrected chi connectivity index (χ2v) is 14.8. The molecule has 0 saturated heterocycles. The van der Waals surface area contributed by atoms with Crippen LogP contribution >= 0.6 is 0 Å². The number of fused-ring (bicyclic) bond motifs is 3. The number of aryl methyl sites for hydroxylation is 1. The average Bonchev–Trinajstić information content (AvgIpc) is 3.59. The van der Waals surface area contributed by atoms with Gasteiger partial charge in [-0.15, -0.1) is 0 Å². The number of nitrogens with zero attached hydrogens (tertiary/aromatic N) is 3. The molecular weight excluding hydrogens is 691 g/mol. The molecule has 0 N–H and O–H groups in total. The standard InChI is InChI=1S/C54H47N3/c1-2-3-4-17-38-55-53-39-43(41-26-32-49(33-27-41)56(45-18-9-5-10-19-45)46-20-11-6-12-21-46)30-36-51(53)52-37-31-44(40-54(52)55)42-28-34-50(35-29-42)57(47-22-13-7-14-23-47)48-24-15-8-16-25-48/h5-16,18-37,39-40H,2-4,17,38H2,1H3. The molecule has 3 heteroatoms. The molecule has 8 aromatic carbocycles. The van der Waals surface area contributed by atoms with Crippen LogP contribution in [0.4, 0.5) is 34.1 Å². The summed E-state index contributed by atoms with van der Waals surface area (Å²) in [5.74, 6) is 0. The van der Waals surface area contributed by atoms with Crippen LogP contribution in [0.3, 0.4) is 0 Å². The van der Waals surface area contributed by atoms with Gasteiger partial charge in [-0.05, 0) is 114 Å². The summed E-state index contributed by atoms with van der Waals surface area (Å²) in [7, 11) is 0. The molecule has 0 aliphatic heterocycles. The van der Waals surface area contributed by atoms with Gasteiger partial charge in [-0.1, -0.05) is 148 Å². The first kappa shape index (κ1) is 35.8. The van der Waals surface area contributed by atoms with E-state index >= 15 is 0 Å². The van der Waals surface area contributed by atoms with Crippen molar-refractivity contribution in [2.45, 2.75) is 39.2 Å². The molecule has 0 atom stereocenters. The van der Waals surface area contributed by atoms with Gasteiger partial charge in [0.15, 0.2) is 0 Å². The average molecular weight is 738 g/mol.